The van der Waals surface area contributed by atoms with Crippen LogP contribution in [0, 0.1) is 17.1 Å². The summed E-state index contributed by atoms with van der Waals surface area (Å²) < 4.78 is 19.4. The number of benzene rings is 2. The van der Waals surface area contributed by atoms with E-state index in [1.807, 2.05) is 24.3 Å². The van der Waals surface area contributed by atoms with E-state index in [4.69, 9.17) is 4.74 Å². The van der Waals surface area contributed by atoms with Gasteiger partial charge < -0.3 is 10.1 Å². The average Bonchev–Trinajstić information content (AvgIpc) is 2.44. The van der Waals surface area contributed by atoms with Gasteiger partial charge in [0.05, 0.1) is 13.2 Å². The van der Waals surface area contributed by atoms with E-state index in [2.05, 4.69) is 27.3 Å². The maximum absolute atomic E-state index is 13.7. The molecule has 20 heavy (non-hydrogen) atoms. The lowest BCUT2D eigenvalue weighted by Gasteiger charge is -2.14. The molecule has 0 aliphatic rings. The highest BCUT2D eigenvalue weighted by atomic mass is 79.9. The number of halogens is 2. The minimum atomic E-state index is -0.635. The van der Waals surface area contributed by atoms with Gasteiger partial charge in [-0.1, -0.05) is 28.1 Å². The first kappa shape index (κ1) is 14.4. The number of nitrogens with one attached hydrogen (secondary N) is 1. The summed E-state index contributed by atoms with van der Waals surface area (Å²) in [5.74, 6) is -0.325. The molecule has 0 aliphatic heterocycles. The van der Waals surface area contributed by atoms with Gasteiger partial charge in [0, 0.05) is 10.2 Å². The summed E-state index contributed by atoms with van der Waals surface area (Å²) >= 11 is 3.36. The third kappa shape index (κ3) is 3.28. The predicted molar refractivity (Wildman–Crippen MR) is 79.1 cm³/mol. The summed E-state index contributed by atoms with van der Waals surface area (Å²) in [5, 5.41) is 12.3. The van der Waals surface area contributed by atoms with Gasteiger partial charge in [0.15, 0.2) is 11.6 Å². The summed E-state index contributed by atoms with van der Waals surface area (Å²) in [6, 6.07) is 13.4. The Kier molecular flexibility index (Phi) is 4.59. The molecule has 0 saturated carbocycles. The van der Waals surface area contributed by atoms with Gasteiger partial charge in [0.1, 0.15) is 6.04 Å². The Balaban J connectivity index is 2.25. The third-order valence-corrected chi connectivity index (χ3v) is 3.27. The summed E-state index contributed by atoms with van der Waals surface area (Å²) in [6.07, 6.45) is 0. The molecular formula is C15H12BrFN2O. The molecule has 0 spiro atoms. The van der Waals surface area contributed by atoms with Crippen LogP contribution in [-0.4, -0.2) is 7.11 Å². The standard InChI is InChI=1S/C15H12BrFN2O/c1-20-15-6-5-10(7-13(15)17)14(9-18)19-12-4-2-3-11(16)8-12/h2-8,14,19H,1H3. The number of nitriles is 1. The van der Waals surface area contributed by atoms with Crippen molar-refractivity contribution in [2.45, 2.75) is 6.04 Å². The van der Waals surface area contributed by atoms with Gasteiger partial charge in [-0.05, 0) is 35.9 Å². The van der Waals surface area contributed by atoms with Crippen LogP contribution in [0.15, 0.2) is 46.9 Å². The fourth-order valence-corrected chi connectivity index (χ4v) is 2.20. The van der Waals surface area contributed by atoms with Gasteiger partial charge in [-0.15, -0.1) is 0 Å². The van der Waals surface area contributed by atoms with Crippen molar-refractivity contribution in [2.24, 2.45) is 0 Å². The molecule has 2 aromatic carbocycles. The lowest BCUT2D eigenvalue weighted by molar-refractivity contribution is 0.386. The largest absolute Gasteiger partial charge is 0.494 e. The maximum atomic E-state index is 13.7. The summed E-state index contributed by atoms with van der Waals surface area (Å²) in [6.45, 7) is 0. The van der Waals surface area contributed by atoms with E-state index in [9.17, 15) is 9.65 Å². The Hall–Kier alpha value is -2.06. The topological polar surface area (TPSA) is 45.0 Å². The van der Waals surface area contributed by atoms with Crippen molar-refractivity contribution >= 4 is 21.6 Å². The Labute approximate surface area is 125 Å². The molecule has 0 bridgehead atoms. The van der Waals surface area contributed by atoms with Crippen molar-refractivity contribution in [3.05, 3.63) is 58.3 Å². The molecule has 0 aliphatic carbocycles. The number of ether oxygens (including phenoxy) is 1. The summed E-state index contributed by atoms with van der Waals surface area (Å²) in [7, 11) is 1.40. The van der Waals surface area contributed by atoms with E-state index in [0.717, 1.165) is 10.2 Å². The second kappa shape index (κ2) is 6.40. The SMILES string of the molecule is COc1ccc(C(C#N)Nc2cccc(Br)c2)cc1F. The number of nitrogens with zero attached hydrogens (tertiary/aromatic N) is 1. The normalized spacial score (nSPS) is 11.5. The molecule has 0 aromatic heterocycles. The van der Waals surface area contributed by atoms with Crippen LogP contribution in [0.25, 0.3) is 0 Å². The fraction of sp³-hybridized carbons (Fsp3) is 0.133. The zero-order valence-corrected chi connectivity index (χ0v) is 12.3. The highest BCUT2D eigenvalue weighted by Crippen LogP contribution is 2.25. The molecule has 1 atom stereocenters. The molecule has 1 N–H and O–H groups in total. The van der Waals surface area contributed by atoms with Crippen LogP contribution < -0.4 is 10.1 Å². The number of anilines is 1. The quantitative estimate of drug-likeness (QED) is 0.907. The smallest absolute Gasteiger partial charge is 0.165 e. The van der Waals surface area contributed by atoms with Crippen molar-refractivity contribution < 1.29 is 9.13 Å². The average molecular weight is 335 g/mol. The van der Waals surface area contributed by atoms with E-state index >= 15 is 0 Å². The Morgan fingerprint density at radius 1 is 1.30 bits per heavy atom. The predicted octanol–water partition coefficient (Wildman–Crippen LogP) is 4.27. The van der Waals surface area contributed by atoms with Gasteiger partial charge in [0.25, 0.3) is 0 Å². The zero-order chi connectivity index (χ0) is 14.5. The number of methoxy groups -OCH3 is 1. The Bertz CT molecular complexity index is 655. The monoisotopic (exact) mass is 334 g/mol. The van der Waals surface area contributed by atoms with Crippen LogP contribution >= 0.6 is 15.9 Å². The maximum Gasteiger partial charge on any atom is 0.165 e. The van der Waals surface area contributed by atoms with E-state index in [1.165, 1.54) is 19.2 Å². The highest BCUT2D eigenvalue weighted by Gasteiger charge is 2.13. The molecule has 0 amide bonds. The molecule has 2 aromatic rings. The molecule has 0 saturated heterocycles. The molecular weight excluding hydrogens is 323 g/mol. The van der Waals surface area contributed by atoms with Gasteiger partial charge in [-0.25, -0.2) is 4.39 Å². The van der Waals surface area contributed by atoms with Gasteiger partial charge in [-0.2, -0.15) is 5.26 Å². The number of rotatable bonds is 4. The first-order valence-corrected chi connectivity index (χ1v) is 6.68. The molecule has 5 heteroatoms. The second-order valence-electron chi connectivity index (χ2n) is 4.11. The van der Waals surface area contributed by atoms with E-state index in [-0.39, 0.29) is 5.75 Å². The molecule has 0 radical (unpaired) electrons. The van der Waals surface area contributed by atoms with Crippen molar-refractivity contribution in [1.82, 2.24) is 0 Å². The lowest BCUT2D eigenvalue weighted by atomic mass is 10.1. The van der Waals surface area contributed by atoms with Crippen molar-refractivity contribution in [3.8, 4) is 11.8 Å². The molecule has 0 heterocycles. The van der Waals surface area contributed by atoms with Crippen molar-refractivity contribution in [2.75, 3.05) is 12.4 Å². The molecule has 1 unspecified atom stereocenters. The molecule has 3 nitrogen and oxygen atoms in total. The van der Waals surface area contributed by atoms with Crippen LogP contribution in [0.5, 0.6) is 5.75 Å². The van der Waals surface area contributed by atoms with Crippen molar-refractivity contribution in [1.29, 1.82) is 5.26 Å². The summed E-state index contributed by atoms with van der Waals surface area (Å²) in [5.41, 5.74) is 1.33. The first-order chi connectivity index (χ1) is 9.63. The Morgan fingerprint density at radius 2 is 2.10 bits per heavy atom. The minimum Gasteiger partial charge on any atom is -0.494 e. The van der Waals surface area contributed by atoms with Crippen molar-refractivity contribution in [3.63, 3.8) is 0 Å². The lowest BCUT2D eigenvalue weighted by Crippen LogP contribution is -2.09. The molecule has 0 fully saturated rings. The van der Waals surface area contributed by atoms with Gasteiger partial charge in [-0.3, -0.25) is 0 Å². The van der Waals surface area contributed by atoms with Gasteiger partial charge in [0.2, 0.25) is 0 Å². The Morgan fingerprint density at radius 3 is 2.70 bits per heavy atom. The van der Waals surface area contributed by atoms with Gasteiger partial charge >= 0.3 is 0 Å². The summed E-state index contributed by atoms with van der Waals surface area (Å²) in [4.78, 5) is 0. The molecule has 102 valence electrons. The van der Waals surface area contributed by atoms with Crippen LogP contribution in [-0.2, 0) is 0 Å². The van der Waals surface area contributed by atoms with Crippen LogP contribution in [0.1, 0.15) is 11.6 Å². The van der Waals surface area contributed by atoms with E-state index in [1.54, 1.807) is 6.07 Å². The third-order valence-electron chi connectivity index (χ3n) is 2.77. The van der Waals surface area contributed by atoms with Crippen LogP contribution in [0.4, 0.5) is 10.1 Å². The van der Waals surface area contributed by atoms with E-state index < -0.39 is 11.9 Å². The first-order valence-electron chi connectivity index (χ1n) is 5.89. The highest BCUT2D eigenvalue weighted by molar-refractivity contribution is 9.10. The second-order valence-corrected chi connectivity index (χ2v) is 5.03. The number of hydrogen-bond acceptors (Lipinski definition) is 3. The zero-order valence-electron chi connectivity index (χ0n) is 10.7. The van der Waals surface area contributed by atoms with Crippen LogP contribution in [0.3, 0.4) is 0 Å². The molecule has 2 rings (SSSR count). The van der Waals surface area contributed by atoms with Crippen LogP contribution in [0.2, 0.25) is 0 Å². The fourth-order valence-electron chi connectivity index (χ4n) is 1.80. The van der Waals surface area contributed by atoms with E-state index in [0.29, 0.717) is 5.56 Å². The minimum absolute atomic E-state index is 0.160. The number of hydrogen-bond donors (Lipinski definition) is 1.